The molecule has 2 heterocycles. The number of benzene rings is 2. The second kappa shape index (κ2) is 8.48. The standard InChI is InChI=1S/C21H20F2N4O3/c1-29-15-8-5-13(6-9-15)19-25-20(30-26-19)18-4-2-3-11-27(18)21(28)24-17-10-7-14(22)12-16(17)23/h5-10,12,18H,2-4,11H2,1H3,(H,24,28)/t18-/m1/s1. The minimum atomic E-state index is -0.837. The fraction of sp³-hybridized carbons (Fsp3) is 0.286. The van der Waals surface area contributed by atoms with E-state index >= 15 is 0 Å². The van der Waals surface area contributed by atoms with E-state index in [0.29, 0.717) is 30.4 Å². The molecule has 3 aromatic rings. The zero-order chi connectivity index (χ0) is 21.1. The average molecular weight is 414 g/mol. The van der Waals surface area contributed by atoms with Crippen LogP contribution in [0.1, 0.15) is 31.2 Å². The minimum absolute atomic E-state index is 0.0878. The van der Waals surface area contributed by atoms with E-state index in [9.17, 15) is 13.6 Å². The predicted molar refractivity (Wildman–Crippen MR) is 105 cm³/mol. The molecule has 0 bridgehead atoms. The van der Waals surface area contributed by atoms with Crippen molar-refractivity contribution >= 4 is 11.7 Å². The van der Waals surface area contributed by atoms with Gasteiger partial charge in [-0.1, -0.05) is 5.16 Å². The van der Waals surface area contributed by atoms with Crippen LogP contribution in [0.3, 0.4) is 0 Å². The second-order valence-electron chi connectivity index (χ2n) is 6.94. The molecule has 1 aromatic heterocycles. The van der Waals surface area contributed by atoms with E-state index in [2.05, 4.69) is 15.5 Å². The van der Waals surface area contributed by atoms with Crippen molar-refractivity contribution in [2.45, 2.75) is 25.3 Å². The van der Waals surface area contributed by atoms with Crippen LogP contribution in [0.2, 0.25) is 0 Å². The summed E-state index contributed by atoms with van der Waals surface area (Å²) < 4.78 is 37.6. The molecule has 0 unspecified atom stereocenters. The zero-order valence-electron chi connectivity index (χ0n) is 16.3. The highest BCUT2D eigenvalue weighted by Gasteiger charge is 2.32. The molecule has 0 saturated carbocycles. The summed E-state index contributed by atoms with van der Waals surface area (Å²) in [5.41, 5.74) is 0.668. The molecule has 9 heteroatoms. The first kappa shape index (κ1) is 19.8. The van der Waals surface area contributed by atoms with Gasteiger partial charge in [0.1, 0.15) is 23.4 Å². The van der Waals surface area contributed by atoms with Crippen LogP contribution in [-0.2, 0) is 0 Å². The first-order valence-corrected chi connectivity index (χ1v) is 9.56. The van der Waals surface area contributed by atoms with Gasteiger partial charge in [-0.05, 0) is 55.7 Å². The Labute approximate surface area is 171 Å². The third-order valence-electron chi connectivity index (χ3n) is 5.01. The number of urea groups is 1. The van der Waals surface area contributed by atoms with Gasteiger partial charge in [0.15, 0.2) is 0 Å². The number of nitrogens with one attached hydrogen (secondary N) is 1. The van der Waals surface area contributed by atoms with E-state index in [1.54, 1.807) is 19.2 Å². The van der Waals surface area contributed by atoms with Gasteiger partial charge in [0.25, 0.3) is 0 Å². The van der Waals surface area contributed by atoms with Gasteiger partial charge >= 0.3 is 6.03 Å². The van der Waals surface area contributed by atoms with Crippen LogP contribution in [0.4, 0.5) is 19.3 Å². The highest BCUT2D eigenvalue weighted by molar-refractivity contribution is 5.89. The summed E-state index contributed by atoms with van der Waals surface area (Å²) >= 11 is 0. The van der Waals surface area contributed by atoms with Crippen LogP contribution >= 0.6 is 0 Å². The van der Waals surface area contributed by atoms with Gasteiger partial charge in [0.05, 0.1) is 12.8 Å². The molecule has 1 aliphatic heterocycles. The van der Waals surface area contributed by atoms with Crippen molar-refractivity contribution in [2.75, 3.05) is 19.0 Å². The molecule has 7 nitrogen and oxygen atoms in total. The minimum Gasteiger partial charge on any atom is -0.497 e. The molecular formula is C21H20F2N4O3. The smallest absolute Gasteiger partial charge is 0.322 e. The highest BCUT2D eigenvalue weighted by Crippen LogP contribution is 2.32. The maximum absolute atomic E-state index is 13.9. The number of carbonyl (C=O) groups is 1. The molecule has 1 saturated heterocycles. The van der Waals surface area contributed by atoms with E-state index in [1.807, 2.05) is 12.1 Å². The summed E-state index contributed by atoms with van der Waals surface area (Å²) in [5.74, 6) is -0.112. The van der Waals surface area contributed by atoms with Crippen LogP contribution in [0.5, 0.6) is 5.75 Å². The monoisotopic (exact) mass is 414 g/mol. The maximum Gasteiger partial charge on any atom is 0.322 e. The van der Waals surface area contributed by atoms with Crippen LogP contribution in [0.25, 0.3) is 11.4 Å². The Kier molecular flexibility index (Phi) is 5.60. The molecule has 0 aliphatic carbocycles. The van der Waals surface area contributed by atoms with Gasteiger partial charge in [-0.25, -0.2) is 13.6 Å². The Hall–Kier alpha value is -3.49. The lowest BCUT2D eigenvalue weighted by molar-refractivity contribution is 0.142. The SMILES string of the molecule is COc1ccc(-c2noc([C@H]3CCCCN3C(=O)Nc3ccc(F)cc3F)n2)cc1. The third-order valence-corrected chi connectivity index (χ3v) is 5.01. The number of likely N-dealkylation sites (tertiary alicyclic amines) is 1. The summed E-state index contributed by atoms with van der Waals surface area (Å²) in [5, 5.41) is 6.53. The summed E-state index contributed by atoms with van der Waals surface area (Å²) in [7, 11) is 1.59. The summed E-state index contributed by atoms with van der Waals surface area (Å²) in [4.78, 5) is 18.8. The van der Waals surface area contributed by atoms with Crippen molar-refractivity contribution in [3.63, 3.8) is 0 Å². The second-order valence-corrected chi connectivity index (χ2v) is 6.94. The summed E-state index contributed by atoms with van der Waals surface area (Å²) in [6, 6.07) is 9.29. The van der Waals surface area contributed by atoms with E-state index in [4.69, 9.17) is 9.26 Å². The van der Waals surface area contributed by atoms with Crippen molar-refractivity contribution in [3.8, 4) is 17.1 Å². The molecule has 156 valence electrons. The molecule has 1 atom stereocenters. The van der Waals surface area contributed by atoms with Gasteiger partial charge in [-0.15, -0.1) is 0 Å². The van der Waals surface area contributed by atoms with Crippen molar-refractivity contribution in [1.82, 2.24) is 15.0 Å². The summed E-state index contributed by atoms with van der Waals surface area (Å²) in [6.45, 7) is 0.458. The van der Waals surface area contributed by atoms with Gasteiger partial charge in [0, 0.05) is 18.2 Å². The fourth-order valence-corrected chi connectivity index (χ4v) is 3.44. The van der Waals surface area contributed by atoms with Gasteiger partial charge in [-0.3, -0.25) is 0 Å². The van der Waals surface area contributed by atoms with E-state index in [1.165, 1.54) is 11.0 Å². The van der Waals surface area contributed by atoms with Crippen molar-refractivity contribution < 1.29 is 22.8 Å². The van der Waals surface area contributed by atoms with E-state index in [-0.39, 0.29) is 5.69 Å². The van der Waals surface area contributed by atoms with Crippen LogP contribution in [0, 0.1) is 11.6 Å². The molecule has 2 aromatic carbocycles. The third kappa shape index (κ3) is 4.10. The van der Waals surface area contributed by atoms with Gasteiger partial charge < -0.3 is 19.5 Å². The number of ether oxygens (including phenoxy) is 1. The Bertz CT molecular complexity index is 1040. The molecule has 1 aliphatic rings. The Morgan fingerprint density at radius 3 is 2.73 bits per heavy atom. The molecule has 4 rings (SSSR count). The Morgan fingerprint density at radius 2 is 2.00 bits per heavy atom. The number of piperidine rings is 1. The molecule has 2 amide bonds. The van der Waals surface area contributed by atoms with Crippen molar-refractivity contribution in [1.29, 1.82) is 0 Å². The van der Waals surface area contributed by atoms with Crippen LogP contribution < -0.4 is 10.1 Å². The lowest BCUT2D eigenvalue weighted by Gasteiger charge is -2.33. The number of hydrogen-bond donors (Lipinski definition) is 1. The molecule has 0 radical (unpaired) electrons. The van der Waals surface area contributed by atoms with Crippen LogP contribution in [0.15, 0.2) is 47.0 Å². The van der Waals surface area contributed by atoms with Gasteiger partial charge in [0.2, 0.25) is 11.7 Å². The maximum atomic E-state index is 13.9. The average Bonchev–Trinajstić information content (AvgIpc) is 3.26. The summed E-state index contributed by atoms with van der Waals surface area (Å²) in [6.07, 6.45) is 2.33. The largest absolute Gasteiger partial charge is 0.497 e. The predicted octanol–water partition coefficient (Wildman–Crippen LogP) is 4.78. The Balaban J connectivity index is 1.53. The number of methoxy groups -OCH3 is 1. The normalized spacial score (nSPS) is 16.4. The van der Waals surface area contributed by atoms with E-state index < -0.39 is 23.7 Å². The number of anilines is 1. The number of carbonyl (C=O) groups excluding carboxylic acids is 1. The molecular weight excluding hydrogens is 394 g/mol. The number of hydrogen-bond acceptors (Lipinski definition) is 5. The number of nitrogens with zero attached hydrogens (tertiary/aromatic N) is 3. The van der Waals surface area contributed by atoms with Gasteiger partial charge in [-0.2, -0.15) is 4.98 Å². The van der Waals surface area contributed by atoms with Crippen molar-refractivity contribution in [3.05, 3.63) is 60.0 Å². The first-order valence-electron chi connectivity index (χ1n) is 9.56. The number of halogens is 2. The number of amides is 2. The lowest BCUT2D eigenvalue weighted by Crippen LogP contribution is -2.41. The molecule has 0 spiro atoms. The lowest BCUT2D eigenvalue weighted by atomic mass is 10.0. The van der Waals surface area contributed by atoms with Crippen LogP contribution in [-0.4, -0.2) is 34.7 Å². The molecule has 1 N–H and O–H groups in total. The highest BCUT2D eigenvalue weighted by atomic mass is 19.1. The zero-order valence-corrected chi connectivity index (χ0v) is 16.3. The number of aromatic nitrogens is 2. The number of rotatable bonds is 4. The Morgan fingerprint density at radius 1 is 1.20 bits per heavy atom. The van der Waals surface area contributed by atoms with Crippen molar-refractivity contribution in [2.24, 2.45) is 0 Å². The quantitative estimate of drug-likeness (QED) is 0.664. The fourth-order valence-electron chi connectivity index (χ4n) is 3.44. The first-order chi connectivity index (χ1) is 14.5. The van der Waals surface area contributed by atoms with E-state index in [0.717, 1.165) is 30.5 Å². The topological polar surface area (TPSA) is 80.5 Å². The molecule has 1 fully saturated rings. The molecule has 30 heavy (non-hydrogen) atoms.